The summed E-state index contributed by atoms with van der Waals surface area (Å²) >= 11 is 5.76. The summed E-state index contributed by atoms with van der Waals surface area (Å²) in [7, 11) is 1.23. The highest BCUT2D eigenvalue weighted by Gasteiger charge is 2.17. The van der Waals surface area contributed by atoms with Crippen molar-refractivity contribution in [3.63, 3.8) is 0 Å². The minimum atomic E-state index is -1.16. The number of pyridine rings is 1. The maximum absolute atomic E-state index is 13.9. The van der Waals surface area contributed by atoms with E-state index in [0.717, 1.165) is 32.0 Å². The quantitative estimate of drug-likeness (QED) is 0.390. The van der Waals surface area contributed by atoms with Crippen LogP contribution in [0.5, 0.6) is 11.6 Å². The number of rotatable bonds is 5. The van der Waals surface area contributed by atoms with Crippen LogP contribution in [0.1, 0.15) is 29.6 Å². The van der Waals surface area contributed by atoms with Gasteiger partial charge in [0.25, 0.3) is 0 Å². The van der Waals surface area contributed by atoms with Gasteiger partial charge in [-0.25, -0.2) is 28.5 Å². The molecule has 0 N–H and O–H groups in total. The molecule has 0 atom stereocenters. The number of methoxy groups -OCH3 is 1. The first-order valence-electron chi connectivity index (χ1n) is 9.95. The lowest BCUT2D eigenvalue weighted by atomic mass is 10.1. The number of benzene rings is 1. The molecule has 1 aromatic carbocycles. The Hall–Kier alpha value is -3.33. The van der Waals surface area contributed by atoms with Gasteiger partial charge in [-0.3, -0.25) is 0 Å². The maximum Gasteiger partial charge on any atom is 0.338 e. The molecular weight excluding hydrogens is 442 g/mol. The van der Waals surface area contributed by atoms with E-state index in [9.17, 15) is 13.6 Å². The van der Waals surface area contributed by atoms with Gasteiger partial charge in [0.15, 0.2) is 17.4 Å². The summed E-state index contributed by atoms with van der Waals surface area (Å²) in [5.74, 6) is -2.01. The largest absolute Gasteiger partial charge is 0.465 e. The second-order valence-corrected chi connectivity index (χ2v) is 7.60. The molecule has 10 heteroatoms. The molecule has 1 saturated heterocycles. The molecule has 0 aliphatic carbocycles. The Bertz CT molecular complexity index is 1120. The van der Waals surface area contributed by atoms with Crippen molar-refractivity contribution >= 4 is 23.5 Å². The first kappa shape index (κ1) is 21.9. The van der Waals surface area contributed by atoms with Gasteiger partial charge < -0.3 is 14.4 Å². The van der Waals surface area contributed by atoms with Gasteiger partial charge in [-0.1, -0.05) is 11.6 Å². The Labute approximate surface area is 188 Å². The number of esters is 1. The normalized spacial score (nSPS) is 13.7. The van der Waals surface area contributed by atoms with E-state index in [1.807, 2.05) is 0 Å². The van der Waals surface area contributed by atoms with Crippen LogP contribution < -0.4 is 9.64 Å². The second kappa shape index (κ2) is 9.44. The molecule has 166 valence electrons. The van der Waals surface area contributed by atoms with Crippen LogP contribution in [0.2, 0.25) is 5.02 Å². The highest BCUT2D eigenvalue weighted by Crippen LogP contribution is 2.30. The van der Waals surface area contributed by atoms with E-state index in [2.05, 4.69) is 19.9 Å². The van der Waals surface area contributed by atoms with Crippen LogP contribution in [0.15, 0.2) is 36.7 Å². The molecule has 0 spiro atoms. The molecular formula is C22H19ClF2N4O3. The van der Waals surface area contributed by atoms with Gasteiger partial charge in [-0.15, -0.1) is 0 Å². The van der Waals surface area contributed by atoms with Crippen molar-refractivity contribution < 1.29 is 23.0 Å². The van der Waals surface area contributed by atoms with Crippen molar-refractivity contribution in [1.29, 1.82) is 0 Å². The highest BCUT2D eigenvalue weighted by atomic mass is 35.5. The number of carbonyl (C=O) groups is 1. The lowest BCUT2D eigenvalue weighted by molar-refractivity contribution is 0.0600. The summed E-state index contributed by atoms with van der Waals surface area (Å²) in [5, 5.41) is -0.408. The average Bonchev–Trinajstić information content (AvgIpc) is 2.82. The molecule has 0 saturated carbocycles. The molecule has 3 aromatic rings. The zero-order chi connectivity index (χ0) is 22.7. The number of nitrogens with zero attached hydrogens (tertiary/aromatic N) is 4. The third-order valence-electron chi connectivity index (χ3n) is 4.98. The van der Waals surface area contributed by atoms with Gasteiger partial charge in [-0.05, 0) is 37.5 Å². The molecule has 7 nitrogen and oxygen atoms in total. The average molecular weight is 461 g/mol. The van der Waals surface area contributed by atoms with E-state index >= 15 is 0 Å². The summed E-state index contributed by atoms with van der Waals surface area (Å²) in [5.41, 5.74) is 0.426. The van der Waals surface area contributed by atoms with Crippen molar-refractivity contribution in [3.05, 3.63) is 58.9 Å². The number of ether oxygens (including phenoxy) is 2. The van der Waals surface area contributed by atoms with Crippen LogP contribution in [0, 0.1) is 11.6 Å². The molecule has 1 fully saturated rings. The van der Waals surface area contributed by atoms with Crippen molar-refractivity contribution in [1.82, 2.24) is 15.0 Å². The number of carbonyl (C=O) groups excluding carboxylic acids is 1. The van der Waals surface area contributed by atoms with E-state index in [-0.39, 0.29) is 22.7 Å². The smallest absolute Gasteiger partial charge is 0.338 e. The monoisotopic (exact) mass is 460 g/mol. The Morgan fingerprint density at radius 1 is 1.06 bits per heavy atom. The van der Waals surface area contributed by atoms with E-state index < -0.39 is 22.6 Å². The first-order chi connectivity index (χ1) is 15.4. The van der Waals surface area contributed by atoms with E-state index in [1.165, 1.54) is 44.1 Å². The predicted octanol–water partition coefficient (Wildman–Crippen LogP) is 5.04. The number of hydrogen-bond donors (Lipinski definition) is 0. The SMILES string of the molecule is COC(=O)c1cc(Oc2cnc(N3CCCCC3)nc2)nc(-c2cc(F)c(F)c(Cl)c2)c1. The van der Waals surface area contributed by atoms with Gasteiger partial charge in [0.05, 0.1) is 35.8 Å². The minimum Gasteiger partial charge on any atom is -0.465 e. The second-order valence-electron chi connectivity index (χ2n) is 7.19. The molecule has 2 aromatic heterocycles. The lowest BCUT2D eigenvalue weighted by Gasteiger charge is -2.26. The molecule has 1 aliphatic rings. The number of halogens is 3. The first-order valence-corrected chi connectivity index (χ1v) is 10.3. The standard InChI is InChI=1S/C22H19ClF2N4O3/c1-31-21(30)14-9-18(13-7-16(23)20(25)17(24)8-13)28-19(10-14)32-15-11-26-22(27-12-15)29-5-3-2-4-6-29/h7-12H,2-6H2,1H3. The van der Waals surface area contributed by atoms with Crippen LogP contribution in [0.4, 0.5) is 14.7 Å². The summed E-state index contributed by atoms with van der Waals surface area (Å²) in [6.07, 6.45) is 6.42. The molecule has 0 amide bonds. The molecule has 1 aliphatic heterocycles. The van der Waals surface area contributed by atoms with Gasteiger partial charge in [0.1, 0.15) is 0 Å². The Morgan fingerprint density at radius 3 is 2.44 bits per heavy atom. The number of anilines is 1. The fourth-order valence-corrected chi connectivity index (χ4v) is 3.59. The topological polar surface area (TPSA) is 77.4 Å². The number of aromatic nitrogens is 3. The molecule has 4 rings (SSSR count). The van der Waals surface area contributed by atoms with Crippen LogP contribution in [-0.4, -0.2) is 41.1 Å². The zero-order valence-electron chi connectivity index (χ0n) is 17.1. The van der Waals surface area contributed by atoms with Crippen LogP contribution in [0.3, 0.4) is 0 Å². The molecule has 0 bridgehead atoms. The fourth-order valence-electron chi connectivity index (χ4n) is 3.38. The Balaban J connectivity index is 1.64. The minimum absolute atomic E-state index is 0.0260. The Kier molecular flexibility index (Phi) is 6.45. The molecule has 0 unspecified atom stereocenters. The van der Waals surface area contributed by atoms with Gasteiger partial charge in [-0.2, -0.15) is 0 Å². The highest BCUT2D eigenvalue weighted by molar-refractivity contribution is 6.31. The van der Waals surface area contributed by atoms with Crippen molar-refractivity contribution in [2.45, 2.75) is 19.3 Å². The lowest BCUT2D eigenvalue weighted by Crippen LogP contribution is -2.30. The summed E-state index contributed by atoms with van der Waals surface area (Å²) in [6.45, 7) is 1.81. The summed E-state index contributed by atoms with van der Waals surface area (Å²) in [4.78, 5) is 27.2. The summed E-state index contributed by atoms with van der Waals surface area (Å²) in [6, 6.07) is 4.89. The molecule has 0 radical (unpaired) electrons. The third-order valence-corrected chi connectivity index (χ3v) is 5.25. The van der Waals surface area contributed by atoms with E-state index in [0.29, 0.717) is 11.7 Å². The van der Waals surface area contributed by atoms with Gasteiger partial charge in [0, 0.05) is 24.7 Å². The van der Waals surface area contributed by atoms with Gasteiger partial charge in [0.2, 0.25) is 11.8 Å². The molecule has 3 heterocycles. The number of piperidine rings is 1. The predicted molar refractivity (Wildman–Crippen MR) is 114 cm³/mol. The van der Waals surface area contributed by atoms with Gasteiger partial charge >= 0.3 is 5.97 Å². The van der Waals surface area contributed by atoms with E-state index in [1.54, 1.807) is 0 Å². The molecule has 32 heavy (non-hydrogen) atoms. The van der Waals surface area contributed by atoms with Crippen molar-refractivity contribution in [2.75, 3.05) is 25.1 Å². The van der Waals surface area contributed by atoms with Crippen molar-refractivity contribution in [3.8, 4) is 22.9 Å². The number of hydrogen-bond acceptors (Lipinski definition) is 7. The maximum atomic E-state index is 13.9. The third kappa shape index (κ3) is 4.77. The van der Waals surface area contributed by atoms with Crippen molar-refractivity contribution in [2.24, 2.45) is 0 Å². The fraction of sp³-hybridized carbons (Fsp3) is 0.273. The van der Waals surface area contributed by atoms with E-state index in [4.69, 9.17) is 21.1 Å². The van der Waals surface area contributed by atoms with Crippen LogP contribution >= 0.6 is 11.6 Å². The Morgan fingerprint density at radius 2 is 1.78 bits per heavy atom. The van der Waals surface area contributed by atoms with Crippen LogP contribution in [0.25, 0.3) is 11.3 Å². The summed E-state index contributed by atoms with van der Waals surface area (Å²) < 4.78 is 37.9. The zero-order valence-corrected chi connectivity index (χ0v) is 17.9. The van der Waals surface area contributed by atoms with Crippen LogP contribution in [-0.2, 0) is 4.74 Å².